The zero-order chi connectivity index (χ0) is 11.7. The Bertz CT molecular complexity index is 501. The predicted molar refractivity (Wildman–Crippen MR) is 65.6 cm³/mol. The minimum absolute atomic E-state index is 0.444. The molecule has 0 amide bonds. The molecule has 1 atom stereocenters. The molecule has 1 unspecified atom stereocenters. The Kier molecular flexibility index (Phi) is 2.61. The highest BCUT2D eigenvalue weighted by Crippen LogP contribution is 2.20. The molecule has 0 radical (unpaired) electrons. The molecular formula is C14H14N2O. The van der Waals surface area contributed by atoms with Gasteiger partial charge in [0.1, 0.15) is 0 Å². The fourth-order valence-electron chi connectivity index (χ4n) is 1.81. The molecule has 0 N–H and O–H groups in total. The molecule has 0 bridgehead atoms. The Morgan fingerprint density at radius 3 is 2.47 bits per heavy atom. The van der Waals surface area contributed by atoms with Gasteiger partial charge in [0.05, 0.1) is 24.1 Å². The van der Waals surface area contributed by atoms with E-state index in [9.17, 15) is 0 Å². The normalized spacial score (nSPS) is 18.1. The second kappa shape index (κ2) is 4.26. The molecule has 0 aliphatic carbocycles. The van der Waals surface area contributed by atoms with Crippen molar-refractivity contribution in [3.8, 4) is 11.3 Å². The van der Waals surface area contributed by atoms with Crippen molar-refractivity contribution >= 4 is 0 Å². The highest BCUT2D eigenvalue weighted by Gasteiger charge is 2.22. The summed E-state index contributed by atoms with van der Waals surface area (Å²) in [6, 6.07) is 12.4. The van der Waals surface area contributed by atoms with Gasteiger partial charge < -0.3 is 4.74 Å². The molecular weight excluding hydrogens is 212 g/mol. The molecule has 1 saturated heterocycles. The zero-order valence-corrected chi connectivity index (χ0v) is 9.76. The van der Waals surface area contributed by atoms with Crippen LogP contribution >= 0.6 is 0 Å². The van der Waals surface area contributed by atoms with E-state index in [0.717, 1.165) is 30.0 Å². The molecule has 2 aromatic rings. The van der Waals surface area contributed by atoms with Crippen LogP contribution < -0.4 is 0 Å². The molecule has 17 heavy (non-hydrogen) atoms. The first-order valence-corrected chi connectivity index (χ1v) is 5.82. The number of aromatic nitrogens is 2. The Hall–Kier alpha value is -1.74. The van der Waals surface area contributed by atoms with Gasteiger partial charge in [-0.05, 0) is 24.6 Å². The molecule has 1 aliphatic heterocycles. The van der Waals surface area contributed by atoms with Crippen molar-refractivity contribution in [2.45, 2.75) is 19.4 Å². The Morgan fingerprint density at radius 2 is 1.88 bits per heavy atom. The number of hydrogen-bond acceptors (Lipinski definition) is 3. The van der Waals surface area contributed by atoms with E-state index in [4.69, 9.17) is 4.74 Å². The minimum Gasteiger partial charge on any atom is -0.373 e. The van der Waals surface area contributed by atoms with Crippen molar-refractivity contribution in [2.75, 3.05) is 6.61 Å². The molecule has 3 rings (SSSR count). The first kappa shape index (κ1) is 10.4. The van der Waals surface area contributed by atoms with Crippen LogP contribution in [0.4, 0.5) is 0 Å². The molecule has 2 heterocycles. The summed E-state index contributed by atoms with van der Waals surface area (Å²) >= 11 is 0. The summed E-state index contributed by atoms with van der Waals surface area (Å²) in [6.07, 6.45) is 1.46. The average molecular weight is 226 g/mol. The third-order valence-electron chi connectivity index (χ3n) is 2.91. The lowest BCUT2D eigenvalue weighted by Gasteiger charge is -2.02. The second-order valence-electron chi connectivity index (χ2n) is 4.42. The van der Waals surface area contributed by atoms with E-state index in [1.54, 1.807) is 0 Å². The second-order valence-corrected chi connectivity index (χ2v) is 4.42. The van der Waals surface area contributed by atoms with Gasteiger partial charge in [-0.15, -0.1) is 0 Å². The largest absolute Gasteiger partial charge is 0.373 e. The van der Waals surface area contributed by atoms with Gasteiger partial charge in [-0.2, -0.15) is 10.2 Å². The molecule has 3 nitrogen and oxygen atoms in total. The fraction of sp³-hybridized carbons (Fsp3) is 0.286. The van der Waals surface area contributed by atoms with E-state index in [1.165, 1.54) is 5.56 Å². The smallest absolute Gasteiger partial charge is 0.0929 e. The first-order chi connectivity index (χ1) is 8.31. The third-order valence-corrected chi connectivity index (χ3v) is 2.91. The Balaban J connectivity index is 1.80. The van der Waals surface area contributed by atoms with Gasteiger partial charge in [0.15, 0.2) is 0 Å². The van der Waals surface area contributed by atoms with Crippen LogP contribution in [0.25, 0.3) is 11.3 Å². The lowest BCUT2D eigenvalue weighted by molar-refractivity contribution is 0.407. The molecule has 0 spiro atoms. The van der Waals surface area contributed by atoms with E-state index in [-0.39, 0.29) is 0 Å². The van der Waals surface area contributed by atoms with Crippen LogP contribution in [0.2, 0.25) is 0 Å². The molecule has 1 aromatic heterocycles. The summed E-state index contributed by atoms with van der Waals surface area (Å²) in [5.41, 5.74) is 4.29. The van der Waals surface area contributed by atoms with Crippen LogP contribution in [0.15, 0.2) is 36.4 Å². The summed E-state index contributed by atoms with van der Waals surface area (Å²) in [6.45, 7) is 2.85. The predicted octanol–water partition coefficient (Wildman–Crippen LogP) is 2.39. The van der Waals surface area contributed by atoms with E-state index in [1.807, 2.05) is 19.1 Å². The number of rotatable bonds is 3. The fourth-order valence-corrected chi connectivity index (χ4v) is 1.81. The van der Waals surface area contributed by atoms with Gasteiger partial charge in [0, 0.05) is 12.0 Å². The van der Waals surface area contributed by atoms with Gasteiger partial charge in [-0.3, -0.25) is 0 Å². The van der Waals surface area contributed by atoms with E-state index in [2.05, 4.69) is 34.5 Å². The van der Waals surface area contributed by atoms with Crippen molar-refractivity contribution < 1.29 is 4.74 Å². The maximum atomic E-state index is 5.22. The van der Waals surface area contributed by atoms with Crippen molar-refractivity contribution in [2.24, 2.45) is 0 Å². The van der Waals surface area contributed by atoms with Gasteiger partial charge in [0.25, 0.3) is 0 Å². The average Bonchev–Trinajstić information content (AvgIpc) is 3.15. The van der Waals surface area contributed by atoms with E-state index < -0.39 is 0 Å². The Labute approximate surface area is 100 Å². The Morgan fingerprint density at radius 1 is 1.12 bits per heavy atom. The van der Waals surface area contributed by atoms with Crippen LogP contribution in [0.1, 0.15) is 11.3 Å². The number of aryl methyl sites for hydroxylation is 1. The van der Waals surface area contributed by atoms with E-state index in [0.29, 0.717) is 6.10 Å². The molecule has 1 fully saturated rings. The molecule has 1 aliphatic rings. The number of nitrogens with zero attached hydrogens (tertiary/aromatic N) is 2. The maximum absolute atomic E-state index is 5.22. The van der Waals surface area contributed by atoms with Gasteiger partial charge in [-0.25, -0.2) is 0 Å². The van der Waals surface area contributed by atoms with E-state index >= 15 is 0 Å². The summed E-state index contributed by atoms with van der Waals surface area (Å²) in [4.78, 5) is 0. The first-order valence-electron chi connectivity index (χ1n) is 5.82. The standard InChI is InChI=1S/C14H14N2O/c1-10-2-7-14(16-15-10)12-5-3-11(4-6-12)8-13-9-17-13/h2-7,13H,8-9H2,1H3. The summed E-state index contributed by atoms with van der Waals surface area (Å²) in [5.74, 6) is 0. The number of epoxide rings is 1. The van der Waals surface area contributed by atoms with Crippen molar-refractivity contribution in [3.63, 3.8) is 0 Å². The van der Waals surface area contributed by atoms with Crippen molar-refractivity contribution in [1.82, 2.24) is 10.2 Å². The summed E-state index contributed by atoms with van der Waals surface area (Å²) in [7, 11) is 0. The lowest BCUT2D eigenvalue weighted by atomic mass is 10.1. The SMILES string of the molecule is Cc1ccc(-c2ccc(CC3CO3)cc2)nn1. The van der Waals surface area contributed by atoms with Gasteiger partial charge >= 0.3 is 0 Å². The molecule has 1 aromatic carbocycles. The molecule has 3 heteroatoms. The van der Waals surface area contributed by atoms with Gasteiger partial charge in [0.2, 0.25) is 0 Å². The van der Waals surface area contributed by atoms with Crippen molar-refractivity contribution in [3.05, 3.63) is 47.7 Å². The third kappa shape index (κ3) is 2.50. The topological polar surface area (TPSA) is 38.3 Å². The summed E-state index contributed by atoms with van der Waals surface area (Å²) in [5, 5.41) is 8.24. The molecule has 0 saturated carbocycles. The van der Waals surface area contributed by atoms with Gasteiger partial charge in [-0.1, -0.05) is 24.3 Å². The maximum Gasteiger partial charge on any atom is 0.0929 e. The number of hydrogen-bond donors (Lipinski definition) is 0. The number of benzene rings is 1. The van der Waals surface area contributed by atoms with Crippen LogP contribution in [0.5, 0.6) is 0 Å². The molecule has 86 valence electrons. The van der Waals surface area contributed by atoms with Crippen LogP contribution in [-0.2, 0) is 11.2 Å². The summed E-state index contributed by atoms with van der Waals surface area (Å²) < 4.78 is 5.22. The highest BCUT2D eigenvalue weighted by molar-refractivity contribution is 5.58. The monoisotopic (exact) mass is 226 g/mol. The quantitative estimate of drug-likeness (QED) is 0.754. The van der Waals surface area contributed by atoms with Crippen LogP contribution in [-0.4, -0.2) is 22.9 Å². The van der Waals surface area contributed by atoms with Crippen LogP contribution in [0.3, 0.4) is 0 Å². The zero-order valence-electron chi connectivity index (χ0n) is 9.76. The van der Waals surface area contributed by atoms with Crippen LogP contribution in [0, 0.1) is 6.92 Å². The highest BCUT2D eigenvalue weighted by atomic mass is 16.6. The number of ether oxygens (including phenoxy) is 1. The van der Waals surface area contributed by atoms with Crippen molar-refractivity contribution in [1.29, 1.82) is 0 Å². The minimum atomic E-state index is 0.444. The lowest BCUT2D eigenvalue weighted by Crippen LogP contribution is -1.93.